The third-order valence-corrected chi connectivity index (χ3v) is 2.98. The van der Waals surface area contributed by atoms with Crippen LogP contribution in [0.3, 0.4) is 0 Å². The minimum absolute atomic E-state index is 0.189. The van der Waals surface area contributed by atoms with Crippen LogP contribution in [0.2, 0.25) is 0 Å². The van der Waals surface area contributed by atoms with E-state index in [4.69, 9.17) is 4.74 Å². The first-order valence-electron chi connectivity index (χ1n) is 6.23. The van der Waals surface area contributed by atoms with Gasteiger partial charge in [-0.1, -0.05) is 6.92 Å². The maximum atomic E-state index is 11.4. The molecule has 0 aromatic heterocycles. The molecule has 1 saturated carbocycles. The molecule has 1 N–H and O–H groups in total. The Morgan fingerprint density at radius 2 is 2.06 bits per heavy atom. The first-order chi connectivity index (χ1) is 7.78. The fourth-order valence-electron chi connectivity index (χ4n) is 1.92. The number of nitrogens with zero attached hydrogens (tertiary/aromatic N) is 1. The van der Waals surface area contributed by atoms with E-state index in [0.717, 1.165) is 12.8 Å². The van der Waals surface area contributed by atoms with Gasteiger partial charge in [-0.15, -0.1) is 0 Å². The van der Waals surface area contributed by atoms with Crippen LogP contribution in [0, 0.1) is 11.8 Å². The van der Waals surface area contributed by atoms with Gasteiger partial charge in [0.15, 0.2) is 0 Å². The van der Waals surface area contributed by atoms with Crippen molar-refractivity contribution in [2.45, 2.75) is 58.7 Å². The van der Waals surface area contributed by atoms with Crippen LogP contribution in [0.15, 0.2) is 4.99 Å². The van der Waals surface area contributed by atoms with Gasteiger partial charge in [-0.2, -0.15) is 4.99 Å². The summed E-state index contributed by atoms with van der Waals surface area (Å²) in [5.74, 6) is 0.537. The van der Waals surface area contributed by atoms with Crippen molar-refractivity contribution in [3.05, 3.63) is 0 Å². The Balaban J connectivity index is 2.41. The Morgan fingerprint density at radius 1 is 1.41 bits per heavy atom. The molecule has 0 radical (unpaired) electrons. The van der Waals surface area contributed by atoms with Crippen LogP contribution in [0.1, 0.15) is 47.0 Å². The minimum atomic E-state index is -0.550. The number of hydrogen-bond acceptors (Lipinski definition) is 3. The fourth-order valence-corrected chi connectivity index (χ4v) is 1.92. The number of carbonyl (C=O) groups excluding carboxylic acids is 1. The number of aliphatic hydroxyl groups is 1. The number of ether oxygens (including phenoxy) is 1. The lowest BCUT2D eigenvalue weighted by atomic mass is 9.81. The van der Waals surface area contributed by atoms with Gasteiger partial charge in [0.2, 0.25) is 0 Å². The van der Waals surface area contributed by atoms with Crippen LogP contribution in [-0.4, -0.2) is 29.1 Å². The summed E-state index contributed by atoms with van der Waals surface area (Å²) >= 11 is 0. The monoisotopic (exact) mass is 241 g/mol. The van der Waals surface area contributed by atoms with Gasteiger partial charge in [-0.3, -0.25) is 0 Å². The molecular formula is C13H23NO3. The summed E-state index contributed by atoms with van der Waals surface area (Å²) < 4.78 is 5.08. The van der Waals surface area contributed by atoms with Crippen molar-refractivity contribution in [3.63, 3.8) is 0 Å². The standard InChI is InChI=1S/C13H23NO3/c1-9-5-6-10(7-11(9)15)8-14-12(16)17-13(2,3)4/h8-11,15H,5-7H2,1-4H3/b14-8+/t9-,10+,11-/m1/s1. The van der Waals surface area contributed by atoms with E-state index in [-0.39, 0.29) is 12.0 Å². The van der Waals surface area contributed by atoms with Crippen LogP contribution in [0.4, 0.5) is 4.79 Å². The zero-order valence-electron chi connectivity index (χ0n) is 11.1. The Bertz CT molecular complexity index is 294. The summed E-state index contributed by atoms with van der Waals surface area (Å²) in [5.41, 5.74) is -0.505. The number of amides is 1. The van der Waals surface area contributed by atoms with Crippen molar-refractivity contribution in [1.29, 1.82) is 0 Å². The second-order valence-corrected chi connectivity index (χ2v) is 5.88. The maximum absolute atomic E-state index is 11.4. The number of hydrogen-bond donors (Lipinski definition) is 1. The molecule has 0 aromatic rings. The van der Waals surface area contributed by atoms with Crippen molar-refractivity contribution >= 4 is 12.3 Å². The van der Waals surface area contributed by atoms with Crippen molar-refractivity contribution < 1.29 is 14.6 Å². The van der Waals surface area contributed by atoms with E-state index >= 15 is 0 Å². The molecule has 17 heavy (non-hydrogen) atoms. The second-order valence-electron chi connectivity index (χ2n) is 5.88. The van der Waals surface area contributed by atoms with Crippen molar-refractivity contribution in [1.82, 2.24) is 0 Å². The summed E-state index contributed by atoms with van der Waals surface area (Å²) in [5, 5.41) is 9.72. The van der Waals surface area contributed by atoms with Gasteiger partial charge in [-0.25, -0.2) is 4.79 Å². The zero-order valence-corrected chi connectivity index (χ0v) is 11.1. The molecule has 1 aliphatic carbocycles. The first kappa shape index (κ1) is 14.2. The van der Waals surface area contributed by atoms with E-state index in [9.17, 15) is 9.90 Å². The highest BCUT2D eigenvalue weighted by atomic mass is 16.6. The molecule has 0 unspecified atom stereocenters. The van der Waals surface area contributed by atoms with E-state index in [1.807, 2.05) is 27.7 Å². The van der Waals surface area contributed by atoms with Gasteiger partial charge in [-0.05, 0) is 51.9 Å². The summed E-state index contributed by atoms with van der Waals surface area (Å²) in [6, 6.07) is 0. The predicted molar refractivity (Wildman–Crippen MR) is 67.2 cm³/mol. The molecule has 3 atom stereocenters. The van der Waals surface area contributed by atoms with Gasteiger partial charge >= 0.3 is 6.09 Å². The molecule has 0 spiro atoms. The predicted octanol–water partition coefficient (Wildman–Crippen LogP) is 2.79. The fraction of sp³-hybridized carbons (Fsp3) is 0.846. The lowest BCUT2D eigenvalue weighted by Crippen LogP contribution is -2.28. The van der Waals surface area contributed by atoms with Gasteiger partial charge in [0.05, 0.1) is 6.10 Å². The number of rotatable bonds is 1. The van der Waals surface area contributed by atoms with Gasteiger partial charge in [0, 0.05) is 6.21 Å². The Hall–Kier alpha value is -0.900. The average Bonchev–Trinajstić information content (AvgIpc) is 2.17. The summed E-state index contributed by atoms with van der Waals surface area (Å²) in [7, 11) is 0. The zero-order chi connectivity index (χ0) is 13.1. The SMILES string of the molecule is C[C@@H]1CC[C@H](/C=N/C(=O)OC(C)(C)C)C[C@H]1O. The third-order valence-electron chi connectivity index (χ3n) is 2.98. The molecule has 0 heterocycles. The molecule has 0 saturated heterocycles. The van der Waals surface area contributed by atoms with Crippen LogP contribution in [-0.2, 0) is 4.74 Å². The second kappa shape index (κ2) is 5.63. The van der Waals surface area contributed by atoms with Crippen LogP contribution < -0.4 is 0 Å². The number of carbonyl (C=O) groups is 1. The molecule has 0 bridgehead atoms. The van der Waals surface area contributed by atoms with E-state index in [2.05, 4.69) is 4.99 Å². The topological polar surface area (TPSA) is 58.9 Å². The van der Waals surface area contributed by atoms with Crippen LogP contribution in [0.5, 0.6) is 0 Å². The van der Waals surface area contributed by atoms with E-state index in [1.54, 1.807) is 6.21 Å². The third kappa shape index (κ3) is 5.31. The van der Waals surface area contributed by atoms with Gasteiger partial charge in [0.25, 0.3) is 0 Å². The maximum Gasteiger partial charge on any atom is 0.433 e. The molecular weight excluding hydrogens is 218 g/mol. The molecule has 1 aliphatic rings. The van der Waals surface area contributed by atoms with Crippen LogP contribution in [0.25, 0.3) is 0 Å². The highest BCUT2D eigenvalue weighted by molar-refractivity contribution is 5.80. The molecule has 4 heteroatoms. The Labute approximate surface area is 103 Å². The largest absolute Gasteiger partial charge is 0.442 e. The van der Waals surface area contributed by atoms with Crippen molar-refractivity contribution in [2.24, 2.45) is 16.8 Å². The smallest absolute Gasteiger partial charge is 0.433 e. The minimum Gasteiger partial charge on any atom is -0.442 e. The highest BCUT2D eigenvalue weighted by Crippen LogP contribution is 2.27. The van der Waals surface area contributed by atoms with Crippen LogP contribution >= 0.6 is 0 Å². The van der Waals surface area contributed by atoms with Gasteiger partial charge in [0.1, 0.15) is 5.60 Å². The molecule has 4 nitrogen and oxygen atoms in total. The molecule has 0 aromatic carbocycles. The first-order valence-corrected chi connectivity index (χ1v) is 6.23. The molecule has 1 fully saturated rings. The average molecular weight is 241 g/mol. The highest BCUT2D eigenvalue weighted by Gasteiger charge is 2.25. The lowest BCUT2D eigenvalue weighted by molar-refractivity contribution is 0.0592. The molecule has 1 rings (SSSR count). The number of aliphatic hydroxyl groups excluding tert-OH is 1. The Morgan fingerprint density at radius 3 is 2.59 bits per heavy atom. The normalized spacial score (nSPS) is 30.5. The summed E-state index contributed by atoms with van der Waals surface area (Å²) in [6.07, 6.45) is 3.44. The van der Waals surface area contributed by atoms with E-state index in [0.29, 0.717) is 12.3 Å². The summed E-state index contributed by atoms with van der Waals surface area (Å²) in [4.78, 5) is 15.2. The molecule has 1 amide bonds. The number of aliphatic imine (C=N–C) groups is 1. The van der Waals surface area contributed by atoms with Gasteiger partial charge < -0.3 is 9.84 Å². The Kier molecular flexibility index (Phi) is 4.69. The van der Waals surface area contributed by atoms with E-state index < -0.39 is 11.7 Å². The lowest BCUT2D eigenvalue weighted by Gasteiger charge is -2.28. The molecule has 0 aliphatic heterocycles. The van der Waals surface area contributed by atoms with E-state index in [1.165, 1.54) is 0 Å². The van der Waals surface area contributed by atoms with Crippen molar-refractivity contribution in [2.75, 3.05) is 0 Å². The summed E-state index contributed by atoms with van der Waals surface area (Å²) in [6.45, 7) is 7.48. The van der Waals surface area contributed by atoms with Crippen molar-refractivity contribution in [3.8, 4) is 0 Å². The quantitative estimate of drug-likeness (QED) is 0.718. The molecule has 98 valence electrons.